The van der Waals surface area contributed by atoms with Crippen LogP contribution in [0.25, 0.3) is 10.8 Å². The summed E-state index contributed by atoms with van der Waals surface area (Å²) in [5.74, 6) is 0.561. The first-order valence-corrected chi connectivity index (χ1v) is 7.36. The molecule has 2 aromatic rings. The highest BCUT2D eigenvalue weighted by Crippen LogP contribution is 2.14. The van der Waals surface area contributed by atoms with Gasteiger partial charge in [-0.05, 0) is 43.5 Å². The van der Waals surface area contributed by atoms with Gasteiger partial charge in [0.1, 0.15) is 5.82 Å². The first kappa shape index (κ1) is 13.2. The maximum Gasteiger partial charge on any atom is 0.260 e. The van der Waals surface area contributed by atoms with Crippen LogP contribution in [0.15, 0.2) is 35.1 Å². The van der Waals surface area contributed by atoms with E-state index in [1.807, 2.05) is 30.3 Å². The van der Waals surface area contributed by atoms with Gasteiger partial charge in [0.05, 0.1) is 0 Å². The normalized spacial score (nSPS) is 16.6. The molecular formula is C16H21N3O. The number of rotatable bonds is 3. The second-order valence-electron chi connectivity index (χ2n) is 5.52. The maximum atomic E-state index is 12.5. The summed E-state index contributed by atoms with van der Waals surface area (Å²) in [6, 6.07) is 9.53. The van der Waals surface area contributed by atoms with Crippen LogP contribution < -0.4 is 11.3 Å². The smallest absolute Gasteiger partial charge is 0.260 e. The summed E-state index contributed by atoms with van der Waals surface area (Å²) in [6.45, 7) is 3.86. The molecule has 0 aliphatic carbocycles. The van der Waals surface area contributed by atoms with Gasteiger partial charge in [0, 0.05) is 18.5 Å². The van der Waals surface area contributed by atoms with E-state index in [2.05, 4.69) is 4.90 Å². The third-order valence-corrected chi connectivity index (χ3v) is 4.14. The zero-order valence-electron chi connectivity index (χ0n) is 11.7. The van der Waals surface area contributed by atoms with Gasteiger partial charge in [-0.15, -0.1) is 0 Å². The molecule has 1 aliphatic rings. The van der Waals surface area contributed by atoms with Crippen molar-refractivity contribution in [3.05, 3.63) is 40.7 Å². The summed E-state index contributed by atoms with van der Waals surface area (Å²) in [4.78, 5) is 14.9. The molecule has 0 saturated carbocycles. The van der Waals surface area contributed by atoms with Crippen molar-refractivity contribution in [3.8, 4) is 0 Å². The van der Waals surface area contributed by atoms with E-state index in [-0.39, 0.29) is 5.56 Å². The molecular weight excluding hydrogens is 250 g/mol. The number of fused-ring (bicyclic) bond motifs is 1. The largest absolute Gasteiger partial charge is 0.385 e. The Morgan fingerprint density at radius 2 is 1.80 bits per heavy atom. The molecule has 0 bridgehead atoms. The van der Waals surface area contributed by atoms with E-state index in [9.17, 15) is 4.79 Å². The van der Waals surface area contributed by atoms with Crippen LogP contribution in [0.1, 0.15) is 19.3 Å². The van der Waals surface area contributed by atoms with E-state index in [0.29, 0.717) is 12.4 Å². The zero-order valence-corrected chi connectivity index (χ0v) is 11.7. The Morgan fingerprint density at radius 3 is 2.60 bits per heavy atom. The number of aromatic nitrogens is 1. The summed E-state index contributed by atoms with van der Waals surface area (Å²) in [5, 5.41) is 1.67. The van der Waals surface area contributed by atoms with Crippen molar-refractivity contribution >= 4 is 16.6 Å². The van der Waals surface area contributed by atoms with E-state index in [4.69, 9.17) is 5.73 Å². The van der Waals surface area contributed by atoms with Gasteiger partial charge in [-0.25, -0.2) is 0 Å². The second kappa shape index (κ2) is 5.67. The summed E-state index contributed by atoms with van der Waals surface area (Å²) in [5.41, 5.74) is 6.07. The van der Waals surface area contributed by atoms with Gasteiger partial charge in [-0.2, -0.15) is 0 Å². The Bertz CT molecular complexity index is 656. The average molecular weight is 271 g/mol. The molecule has 1 fully saturated rings. The van der Waals surface area contributed by atoms with Crippen LogP contribution in [0.5, 0.6) is 0 Å². The monoisotopic (exact) mass is 271 g/mol. The fraction of sp³-hybridized carbons (Fsp3) is 0.438. The number of hydrogen-bond acceptors (Lipinski definition) is 3. The van der Waals surface area contributed by atoms with E-state index in [1.165, 1.54) is 19.3 Å². The fourth-order valence-corrected chi connectivity index (χ4v) is 2.97. The van der Waals surface area contributed by atoms with Crippen LogP contribution in [-0.4, -0.2) is 29.1 Å². The van der Waals surface area contributed by atoms with Crippen LogP contribution in [0.4, 0.5) is 5.82 Å². The van der Waals surface area contributed by atoms with Crippen LogP contribution in [0, 0.1) is 0 Å². The Kier molecular flexibility index (Phi) is 3.74. The standard InChI is InChI=1S/C16H21N3O/c17-15-12-13-6-2-3-7-14(13)16(20)19(15)11-10-18-8-4-1-5-9-18/h2-3,6-7,12H,1,4-5,8-11,17H2. The van der Waals surface area contributed by atoms with Gasteiger partial charge >= 0.3 is 0 Å². The second-order valence-corrected chi connectivity index (χ2v) is 5.52. The highest BCUT2D eigenvalue weighted by molar-refractivity contribution is 5.83. The summed E-state index contributed by atoms with van der Waals surface area (Å²) in [7, 11) is 0. The number of anilines is 1. The first-order chi connectivity index (χ1) is 9.75. The number of nitrogens with zero attached hydrogens (tertiary/aromatic N) is 2. The minimum absolute atomic E-state index is 0.0256. The molecule has 1 aromatic carbocycles. The van der Waals surface area contributed by atoms with Crippen LogP contribution in [-0.2, 0) is 6.54 Å². The highest BCUT2D eigenvalue weighted by atomic mass is 16.1. The molecule has 0 radical (unpaired) electrons. The van der Waals surface area contributed by atoms with Gasteiger partial charge < -0.3 is 10.6 Å². The summed E-state index contributed by atoms with van der Waals surface area (Å²) in [6.07, 6.45) is 3.86. The van der Waals surface area contributed by atoms with E-state index >= 15 is 0 Å². The predicted molar refractivity (Wildman–Crippen MR) is 82.9 cm³/mol. The lowest BCUT2D eigenvalue weighted by Gasteiger charge is -2.26. The highest BCUT2D eigenvalue weighted by Gasteiger charge is 2.12. The van der Waals surface area contributed by atoms with Crippen LogP contribution in [0.2, 0.25) is 0 Å². The Hall–Kier alpha value is -1.81. The van der Waals surface area contributed by atoms with Crippen molar-refractivity contribution in [2.75, 3.05) is 25.4 Å². The quantitative estimate of drug-likeness (QED) is 0.929. The van der Waals surface area contributed by atoms with Crippen molar-refractivity contribution in [1.82, 2.24) is 9.47 Å². The summed E-state index contributed by atoms with van der Waals surface area (Å²) < 4.78 is 1.71. The van der Waals surface area contributed by atoms with Gasteiger partial charge in [-0.1, -0.05) is 24.6 Å². The van der Waals surface area contributed by atoms with Gasteiger partial charge in [0.15, 0.2) is 0 Å². The Balaban J connectivity index is 1.85. The summed E-state index contributed by atoms with van der Waals surface area (Å²) >= 11 is 0. The molecule has 4 heteroatoms. The molecule has 0 amide bonds. The SMILES string of the molecule is Nc1cc2ccccc2c(=O)n1CCN1CCCCC1. The third-order valence-electron chi connectivity index (χ3n) is 4.14. The van der Waals surface area contributed by atoms with Gasteiger partial charge in [0.25, 0.3) is 5.56 Å². The van der Waals surface area contributed by atoms with Crippen molar-refractivity contribution < 1.29 is 0 Å². The van der Waals surface area contributed by atoms with Crippen molar-refractivity contribution in [2.45, 2.75) is 25.8 Å². The molecule has 4 nitrogen and oxygen atoms in total. The zero-order chi connectivity index (χ0) is 13.9. The number of nitrogens with two attached hydrogens (primary N) is 1. The topological polar surface area (TPSA) is 51.3 Å². The van der Waals surface area contributed by atoms with Crippen molar-refractivity contribution in [1.29, 1.82) is 0 Å². The minimum Gasteiger partial charge on any atom is -0.385 e. The van der Waals surface area contributed by atoms with Crippen molar-refractivity contribution in [2.24, 2.45) is 0 Å². The molecule has 0 unspecified atom stereocenters. The lowest BCUT2D eigenvalue weighted by Crippen LogP contribution is -2.35. The van der Waals surface area contributed by atoms with E-state index in [1.54, 1.807) is 4.57 Å². The average Bonchev–Trinajstić information content (AvgIpc) is 2.48. The van der Waals surface area contributed by atoms with E-state index < -0.39 is 0 Å². The first-order valence-electron chi connectivity index (χ1n) is 7.36. The molecule has 20 heavy (non-hydrogen) atoms. The van der Waals surface area contributed by atoms with Gasteiger partial charge in [-0.3, -0.25) is 9.36 Å². The number of benzene rings is 1. The van der Waals surface area contributed by atoms with Crippen LogP contribution >= 0.6 is 0 Å². The number of hydrogen-bond donors (Lipinski definition) is 1. The van der Waals surface area contributed by atoms with Gasteiger partial charge in [0.2, 0.25) is 0 Å². The lowest BCUT2D eigenvalue weighted by molar-refractivity contribution is 0.220. The minimum atomic E-state index is 0.0256. The number of pyridine rings is 1. The molecule has 0 spiro atoms. The number of nitrogen functional groups attached to an aromatic ring is 1. The number of likely N-dealkylation sites (tertiary alicyclic amines) is 1. The predicted octanol–water partition coefficient (Wildman–Crippen LogP) is 2.07. The number of piperidine rings is 1. The lowest BCUT2D eigenvalue weighted by atomic mass is 10.1. The molecule has 1 aromatic heterocycles. The Morgan fingerprint density at radius 1 is 1.05 bits per heavy atom. The maximum absolute atomic E-state index is 12.5. The third kappa shape index (κ3) is 2.56. The molecule has 1 saturated heterocycles. The van der Waals surface area contributed by atoms with E-state index in [0.717, 1.165) is 30.4 Å². The molecule has 3 rings (SSSR count). The van der Waals surface area contributed by atoms with Crippen molar-refractivity contribution in [3.63, 3.8) is 0 Å². The fourth-order valence-electron chi connectivity index (χ4n) is 2.97. The molecule has 2 N–H and O–H groups in total. The molecule has 106 valence electrons. The molecule has 1 aliphatic heterocycles. The van der Waals surface area contributed by atoms with Crippen LogP contribution in [0.3, 0.4) is 0 Å². The molecule has 2 heterocycles. The Labute approximate surface area is 118 Å². The molecule has 0 atom stereocenters.